The van der Waals surface area contributed by atoms with Crippen LogP contribution in [0.15, 0.2) is 28.6 Å². The lowest BCUT2D eigenvalue weighted by Gasteiger charge is -2.04. The SMILES string of the molecule is Nc1nc2c(ncn2Pn2cnc3c(=O)[nH]cnc32)c(=O)[nH]1. The van der Waals surface area contributed by atoms with Crippen LogP contribution in [0, 0.1) is 0 Å². The number of aromatic nitrogens is 8. The minimum absolute atomic E-state index is 0.00843. The Morgan fingerprint density at radius 1 is 1.00 bits per heavy atom. The molecule has 0 fully saturated rings. The Morgan fingerprint density at radius 2 is 1.68 bits per heavy atom. The highest BCUT2D eigenvalue weighted by Gasteiger charge is 2.12. The number of anilines is 1. The second kappa shape index (κ2) is 4.46. The summed E-state index contributed by atoms with van der Waals surface area (Å²) in [5, 5.41) is 0. The van der Waals surface area contributed by atoms with Gasteiger partial charge in [-0.25, -0.2) is 15.0 Å². The number of hydrogen-bond donors (Lipinski definition) is 3. The number of hydrogen-bond acceptors (Lipinski definition) is 7. The van der Waals surface area contributed by atoms with Crippen LogP contribution in [-0.4, -0.2) is 38.6 Å². The minimum Gasteiger partial charge on any atom is -0.369 e. The summed E-state index contributed by atoms with van der Waals surface area (Å²) < 4.78 is 3.32. The molecule has 0 radical (unpaired) electrons. The van der Waals surface area contributed by atoms with Gasteiger partial charge in [0.05, 0.1) is 15.2 Å². The van der Waals surface area contributed by atoms with E-state index < -0.39 is 5.56 Å². The summed E-state index contributed by atoms with van der Waals surface area (Å²) in [7, 11) is -0.0555. The summed E-state index contributed by atoms with van der Waals surface area (Å²) in [5.41, 5.74) is 6.05. The molecule has 11 nitrogen and oxygen atoms in total. The van der Waals surface area contributed by atoms with Gasteiger partial charge in [-0.05, 0) is 0 Å². The van der Waals surface area contributed by atoms with Crippen LogP contribution in [0.1, 0.15) is 0 Å². The van der Waals surface area contributed by atoms with Crippen molar-refractivity contribution in [3.63, 3.8) is 0 Å². The average Bonchev–Trinajstić information content (AvgIpc) is 3.06. The Labute approximate surface area is 122 Å². The Morgan fingerprint density at radius 3 is 2.45 bits per heavy atom. The number of nitrogens with two attached hydrogens (primary N) is 1. The van der Waals surface area contributed by atoms with Gasteiger partial charge in [-0.3, -0.25) is 23.2 Å². The predicted molar refractivity (Wildman–Crippen MR) is 79.8 cm³/mol. The van der Waals surface area contributed by atoms with Crippen LogP contribution in [0.2, 0.25) is 0 Å². The molecule has 0 saturated heterocycles. The van der Waals surface area contributed by atoms with Gasteiger partial charge in [0.2, 0.25) is 5.95 Å². The number of fused-ring (bicyclic) bond motifs is 2. The molecule has 12 heteroatoms. The number of H-pyrrole nitrogens is 2. The number of imidazole rings is 2. The van der Waals surface area contributed by atoms with E-state index in [-0.39, 0.29) is 31.4 Å². The normalized spacial score (nSPS) is 12.0. The van der Waals surface area contributed by atoms with Gasteiger partial charge in [-0.1, -0.05) is 0 Å². The Bertz CT molecular complexity index is 1120. The highest BCUT2D eigenvalue weighted by molar-refractivity contribution is 7.35. The fraction of sp³-hybridized carbons (Fsp3) is 0. The number of aromatic amines is 2. The van der Waals surface area contributed by atoms with Crippen molar-refractivity contribution in [3.8, 4) is 0 Å². The third-order valence-electron chi connectivity index (χ3n) is 2.98. The number of nitrogen functional groups attached to an aromatic ring is 1. The van der Waals surface area contributed by atoms with Gasteiger partial charge < -0.3 is 10.7 Å². The number of rotatable bonds is 2. The van der Waals surface area contributed by atoms with Crippen molar-refractivity contribution in [1.29, 1.82) is 0 Å². The monoisotopic (exact) mass is 317 g/mol. The number of nitrogens with one attached hydrogen (secondary N) is 2. The predicted octanol–water partition coefficient (Wildman–Crippen LogP) is -0.960. The van der Waals surface area contributed by atoms with E-state index in [0.29, 0.717) is 11.3 Å². The van der Waals surface area contributed by atoms with Crippen LogP contribution in [0.5, 0.6) is 0 Å². The summed E-state index contributed by atoms with van der Waals surface area (Å²) in [5.74, 6) is 0.00843. The summed E-state index contributed by atoms with van der Waals surface area (Å²) in [6.45, 7) is 0. The number of nitrogens with zero attached hydrogens (tertiary/aromatic N) is 6. The first-order valence-corrected chi connectivity index (χ1v) is 6.93. The zero-order chi connectivity index (χ0) is 15.3. The van der Waals surface area contributed by atoms with Crippen molar-refractivity contribution >= 4 is 37.2 Å². The van der Waals surface area contributed by atoms with E-state index in [1.54, 1.807) is 8.68 Å². The van der Waals surface area contributed by atoms with Crippen molar-refractivity contribution in [3.05, 3.63) is 39.7 Å². The van der Waals surface area contributed by atoms with Gasteiger partial charge in [-0.15, -0.1) is 0 Å². The van der Waals surface area contributed by atoms with E-state index in [9.17, 15) is 9.59 Å². The first-order chi connectivity index (χ1) is 10.6. The first-order valence-electron chi connectivity index (χ1n) is 6.04. The Balaban J connectivity index is 1.88. The van der Waals surface area contributed by atoms with Crippen LogP contribution in [0.3, 0.4) is 0 Å². The zero-order valence-corrected chi connectivity index (χ0v) is 11.8. The third-order valence-corrected chi connectivity index (χ3v) is 4.07. The quantitative estimate of drug-likeness (QED) is 0.402. The molecule has 0 saturated carbocycles. The molecule has 0 bridgehead atoms. The van der Waals surface area contributed by atoms with E-state index in [0.717, 1.165) is 0 Å². The lowest BCUT2D eigenvalue weighted by Crippen LogP contribution is -2.11. The molecule has 4 aromatic rings. The molecule has 0 amide bonds. The third kappa shape index (κ3) is 1.79. The van der Waals surface area contributed by atoms with E-state index in [4.69, 9.17) is 5.73 Å². The molecule has 4 heterocycles. The van der Waals surface area contributed by atoms with Crippen LogP contribution < -0.4 is 16.9 Å². The maximum absolute atomic E-state index is 11.7. The topological polar surface area (TPSA) is 153 Å². The highest BCUT2D eigenvalue weighted by Crippen LogP contribution is 2.24. The lowest BCUT2D eigenvalue weighted by molar-refractivity contribution is 1.11. The molecule has 110 valence electrons. The van der Waals surface area contributed by atoms with Crippen molar-refractivity contribution in [1.82, 2.24) is 38.6 Å². The molecule has 22 heavy (non-hydrogen) atoms. The van der Waals surface area contributed by atoms with Crippen molar-refractivity contribution in [2.45, 2.75) is 0 Å². The highest BCUT2D eigenvalue weighted by atomic mass is 31.1. The molecule has 0 aromatic carbocycles. The molecule has 0 spiro atoms. The molecule has 1 atom stereocenters. The average molecular weight is 317 g/mol. The molecule has 0 aliphatic rings. The molecule has 0 aliphatic heterocycles. The summed E-state index contributed by atoms with van der Waals surface area (Å²) in [6, 6.07) is 0. The largest absolute Gasteiger partial charge is 0.369 e. The second-order valence-electron chi connectivity index (χ2n) is 4.36. The fourth-order valence-corrected chi connectivity index (χ4v) is 2.99. The standard InChI is InChI=1S/C10H8N9O2P/c11-10-16-7-5(9(21)17-10)15-3-19(7)22-18-2-14-4-6(18)12-1-13-8(4)20/h1-3,22H,(H,12,13,20)(H3,11,16,17,21). The van der Waals surface area contributed by atoms with Gasteiger partial charge in [0.1, 0.15) is 12.7 Å². The molecule has 4 rings (SSSR count). The smallest absolute Gasteiger partial charge is 0.280 e. The lowest BCUT2D eigenvalue weighted by atomic mass is 10.5. The molecule has 1 unspecified atom stereocenters. The summed E-state index contributed by atoms with van der Waals surface area (Å²) >= 11 is 0. The van der Waals surface area contributed by atoms with Crippen LogP contribution in [0.4, 0.5) is 5.95 Å². The Hall–Kier alpha value is -3.07. The van der Waals surface area contributed by atoms with E-state index in [1.165, 1.54) is 19.0 Å². The fourth-order valence-electron chi connectivity index (χ4n) is 2.03. The van der Waals surface area contributed by atoms with Gasteiger partial charge >= 0.3 is 0 Å². The van der Waals surface area contributed by atoms with E-state index in [1.807, 2.05) is 0 Å². The second-order valence-corrected chi connectivity index (χ2v) is 5.52. The van der Waals surface area contributed by atoms with E-state index in [2.05, 4.69) is 29.9 Å². The summed E-state index contributed by atoms with van der Waals surface area (Å²) in [6.07, 6.45) is 4.28. The molecule has 4 N–H and O–H groups in total. The van der Waals surface area contributed by atoms with Gasteiger partial charge in [0.15, 0.2) is 22.3 Å². The van der Waals surface area contributed by atoms with E-state index >= 15 is 0 Å². The van der Waals surface area contributed by atoms with Crippen LogP contribution in [0.25, 0.3) is 22.3 Å². The van der Waals surface area contributed by atoms with Crippen LogP contribution >= 0.6 is 8.88 Å². The van der Waals surface area contributed by atoms with Crippen molar-refractivity contribution < 1.29 is 0 Å². The van der Waals surface area contributed by atoms with Gasteiger partial charge in [0.25, 0.3) is 11.1 Å². The maximum atomic E-state index is 11.7. The van der Waals surface area contributed by atoms with Crippen LogP contribution in [-0.2, 0) is 0 Å². The first kappa shape index (κ1) is 12.7. The molecule has 0 aliphatic carbocycles. The maximum Gasteiger partial charge on any atom is 0.280 e. The van der Waals surface area contributed by atoms with Gasteiger partial charge in [0, 0.05) is 0 Å². The van der Waals surface area contributed by atoms with Crippen molar-refractivity contribution in [2.75, 3.05) is 5.73 Å². The molecule has 4 aromatic heterocycles. The van der Waals surface area contributed by atoms with Gasteiger partial charge in [-0.2, -0.15) is 4.98 Å². The summed E-state index contributed by atoms with van der Waals surface area (Å²) in [4.78, 5) is 44.5. The minimum atomic E-state index is -0.406. The molecular weight excluding hydrogens is 309 g/mol. The zero-order valence-electron chi connectivity index (χ0n) is 10.8. The Kier molecular flexibility index (Phi) is 2.57. The van der Waals surface area contributed by atoms with Crippen molar-refractivity contribution in [2.24, 2.45) is 0 Å². The molecular formula is C10H8N9O2P.